The molecule has 0 aliphatic carbocycles. The molecule has 0 aliphatic rings. The lowest BCUT2D eigenvalue weighted by molar-refractivity contribution is 0.101. The van der Waals surface area contributed by atoms with E-state index in [2.05, 4.69) is 15.9 Å². The summed E-state index contributed by atoms with van der Waals surface area (Å²) in [5.41, 5.74) is 0.661. The molecule has 0 radical (unpaired) electrons. The van der Waals surface area contributed by atoms with Gasteiger partial charge in [-0.2, -0.15) is 0 Å². The van der Waals surface area contributed by atoms with E-state index in [0.29, 0.717) is 23.7 Å². The van der Waals surface area contributed by atoms with Gasteiger partial charge in [-0.15, -0.1) is 11.8 Å². The molecule has 2 nitrogen and oxygen atoms in total. The van der Waals surface area contributed by atoms with E-state index in [1.807, 2.05) is 55.5 Å². The first-order valence-electron chi connectivity index (χ1n) is 6.84. The molecule has 2 aromatic rings. The molecular weight excluding hydrogens is 348 g/mol. The van der Waals surface area contributed by atoms with Crippen molar-refractivity contribution >= 4 is 33.5 Å². The minimum atomic E-state index is 0.0895. The van der Waals surface area contributed by atoms with Gasteiger partial charge in [0.25, 0.3) is 0 Å². The summed E-state index contributed by atoms with van der Waals surface area (Å²) in [4.78, 5) is 13.4. The van der Waals surface area contributed by atoms with Gasteiger partial charge in [0.15, 0.2) is 5.78 Å². The van der Waals surface area contributed by atoms with E-state index in [1.165, 1.54) is 11.8 Å². The minimum Gasteiger partial charge on any atom is -0.493 e. The molecule has 0 aromatic heterocycles. The van der Waals surface area contributed by atoms with Crippen LogP contribution in [0.5, 0.6) is 5.75 Å². The number of para-hydroxylation sites is 1. The first-order valence-corrected chi connectivity index (χ1v) is 8.62. The van der Waals surface area contributed by atoms with Gasteiger partial charge in [0.2, 0.25) is 0 Å². The van der Waals surface area contributed by atoms with E-state index >= 15 is 0 Å². The maximum Gasteiger partial charge on any atom is 0.176 e. The molecule has 0 amide bonds. The fourth-order valence-electron chi connectivity index (χ4n) is 1.82. The van der Waals surface area contributed by atoms with Crippen LogP contribution < -0.4 is 4.74 Å². The number of carbonyl (C=O) groups excluding carboxylic acids is 1. The Morgan fingerprint density at radius 2 is 2.00 bits per heavy atom. The van der Waals surface area contributed by atoms with Crippen molar-refractivity contribution in [3.05, 3.63) is 58.6 Å². The van der Waals surface area contributed by atoms with E-state index in [0.717, 1.165) is 15.8 Å². The summed E-state index contributed by atoms with van der Waals surface area (Å²) in [5, 5.41) is 0. The average molecular weight is 365 g/mol. The molecule has 0 aliphatic heterocycles. The van der Waals surface area contributed by atoms with Gasteiger partial charge in [0.1, 0.15) is 5.75 Å². The first kappa shape index (κ1) is 16.1. The summed E-state index contributed by atoms with van der Waals surface area (Å²) in [5.74, 6) is 1.18. The SMILES string of the molecule is CCCOc1ccccc1C(=O)CSc1cccc(Br)c1. The van der Waals surface area contributed by atoms with E-state index in [-0.39, 0.29) is 5.78 Å². The van der Waals surface area contributed by atoms with Crippen LogP contribution in [0.1, 0.15) is 23.7 Å². The molecule has 0 N–H and O–H groups in total. The highest BCUT2D eigenvalue weighted by Gasteiger charge is 2.12. The van der Waals surface area contributed by atoms with E-state index < -0.39 is 0 Å². The summed E-state index contributed by atoms with van der Waals surface area (Å²) < 4.78 is 6.66. The number of hydrogen-bond donors (Lipinski definition) is 0. The van der Waals surface area contributed by atoms with Crippen molar-refractivity contribution in [1.29, 1.82) is 0 Å². The lowest BCUT2D eigenvalue weighted by atomic mass is 10.1. The molecule has 0 atom stereocenters. The van der Waals surface area contributed by atoms with Crippen LogP contribution in [-0.2, 0) is 0 Å². The quantitative estimate of drug-likeness (QED) is 0.498. The van der Waals surface area contributed by atoms with Crippen molar-refractivity contribution in [3.63, 3.8) is 0 Å². The standard InChI is InChI=1S/C17H17BrO2S/c1-2-10-20-17-9-4-3-8-15(17)16(19)12-21-14-7-5-6-13(18)11-14/h3-9,11H,2,10,12H2,1H3. The molecule has 2 rings (SSSR count). The number of Topliss-reactive ketones (excluding diaryl/α,β-unsaturated/α-hetero) is 1. The van der Waals surface area contributed by atoms with Crippen molar-refractivity contribution in [3.8, 4) is 5.75 Å². The molecule has 2 aromatic carbocycles. The normalized spacial score (nSPS) is 10.4. The molecule has 0 heterocycles. The van der Waals surface area contributed by atoms with Gasteiger partial charge < -0.3 is 4.74 Å². The van der Waals surface area contributed by atoms with Crippen LogP contribution in [0.3, 0.4) is 0 Å². The molecule has 0 fully saturated rings. The fourth-order valence-corrected chi connectivity index (χ4v) is 3.21. The summed E-state index contributed by atoms with van der Waals surface area (Å²) in [6.45, 7) is 2.68. The maximum absolute atomic E-state index is 12.4. The molecule has 0 unspecified atom stereocenters. The zero-order valence-corrected chi connectivity index (χ0v) is 14.2. The van der Waals surface area contributed by atoms with E-state index in [1.54, 1.807) is 0 Å². The molecule has 0 bridgehead atoms. The van der Waals surface area contributed by atoms with Crippen LogP contribution in [0.15, 0.2) is 57.9 Å². The third-order valence-corrected chi connectivity index (χ3v) is 4.30. The molecule has 0 saturated heterocycles. The van der Waals surface area contributed by atoms with Crippen molar-refractivity contribution in [2.45, 2.75) is 18.2 Å². The molecule has 0 saturated carbocycles. The Kier molecular flexibility index (Phi) is 6.33. The Morgan fingerprint density at radius 1 is 1.19 bits per heavy atom. The monoisotopic (exact) mass is 364 g/mol. The highest BCUT2D eigenvalue weighted by Crippen LogP contribution is 2.25. The first-order chi connectivity index (χ1) is 10.2. The van der Waals surface area contributed by atoms with Crippen LogP contribution in [0, 0.1) is 0 Å². The Bertz CT molecular complexity index is 613. The molecule has 110 valence electrons. The van der Waals surface area contributed by atoms with Crippen LogP contribution in [0.2, 0.25) is 0 Å². The van der Waals surface area contributed by atoms with Crippen LogP contribution >= 0.6 is 27.7 Å². The summed E-state index contributed by atoms with van der Waals surface area (Å²) in [7, 11) is 0. The molecular formula is C17H17BrO2S. The zero-order chi connectivity index (χ0) is 15.1. The predicted octanol–water partition coefficient (Wildman–Crippen LogP) is 5.21. The topological polar surface area (TPSA) is 26.3 Å². The number of rotatable bonds is 7. The summed E-state index contributed by atoms with van der Waals surface area (Å²) >= 11 is 4.97. The lowest BCUT2D eigenvalue weighted by Crippen LogP contribution is -2.06. The Labute approximate surface area is 138 Å². The number of ketones is 1. The second kappa shape index (κ2) is 8.25. The van der Waals surface area contributed by atoms with Crippen molar-refractivity contribution in [2.75, 3.05) is 12.4 Å². The fraction of sp³-hybridized carbons (Fsp3) is 0.235. The molecule has 4 heteroatoms. The smallest absolute Gasteiger partial charge is 0.176 e. The highest BCUT2D eigenvalue weighted by atomic mass is 79.9. The van der Waals surface area contributed by atoms with Gasteiger partial charge in [-0.05, 0) is 36.8 Å². The van der Waals surface area contributed by atoms with Crippen molar-refractivity contribution < 1.29 is 9.53 Å². The van der Waals surface area contributed by atoms with Crippen LogP contribution in [0.25, 0.3) is 0 Å². The predicted molar refractivity (Wildman–Crippen MR) is 91.4 cm³/mol. The minimum absolute atomic E-state index is 0.0895. The number of halogens is 1. The van der Waals surface area contributed by atoms with Gasteiger partial charge in [-0.1, -0.05) is 41.1 Å². The van der Waals surface area contributed by atoms with Gasteiger partial charge in [-0.25, -0.2) is 0 Å². The van der Waals surface area contributed by atoms with Crippen LogP contribution in [-0.4, -0.2) is 18.1 Å². The zero-order valence-electron chi connectivity index (χ0n) is 11.8. The Hall–Kier alpha value is -1.26. The third-order valence-electron chi connectivity index (χ3n) is 2.82. The third kappa shape index (κ3) is 4.90. The second-order valence-corrected chi connectivity index (χ2v) is 6.48. The van der Waals surface area contributed by atoms with Crippen LogP contribution in [0.4, 0.5) is 0 Å². The number of thioether (sulfide) groups is 1. The number of carbonyl (C=O) groups is 1. The van der Waals surface area contributed by atoms with Crippen molar-refractivity contribution in [2.24, 2.45) is 0 Å². The van der Waals surface area contributed by atoms with Gasteiger partial charge >= 0.3 is 0 Å². The highest BCUT2D eigenvalue weighted by molar-refractivity contribution is 9.10. The molecule has 21 heavy (non-hydrogen) atoms. The number of benzene rings is 2. The Morgan fingerprint density at radius 3 is 2.76 bits per heavy atom. The second-order valence-electron chi connectivity index (χ2n) is 4.51. The Balaban J connectivity index is 2.03. The van der Waals surface area contributed by atoms with E-state index in [4.69, 9.17) is 4.74 Å². The van der Waals surface area contributed by atoms with Gasteiger partial charge in [0.05, 0.1) is 17.9 Å². The van der Waals surface area contributed by atoms with E-state index in [9.17, 15) is 4.79 Å². The maximum atomic E-state index is 12.4. The van der Waals surface area contributed by atoms with Gasteiger partial charge in [-0.3, -0.25) is 4.79 Å². The van der Waals surface area contributed by atoms with Gasteiger partial charge in [0, 0.05) is 9.37 Å². The average Bonchev–Trinajstić information content (AvgIpc) is 2.51. The lowest BCUT2D eigenvalue weighted by Gasteiger charge is -2.09. The number of hydrogen-bond acceptors (Lipinski definition) is 3. The number of ether oxygens (including phenoxy) is 1. The summed E-state index contributed by atoms with van der Waals surface area (Å²) in [6.07, 6.45) is 0.926. The van der Waals surface area contributed by atoms with Crippen molar-refractivity contribution in [1.82, 2.24) is 0 Å². The largest absolute Gasteiger partial charge is 0.493 e. The summed E-state index contributed by atoms with van der Waals surface area (Å²) in [6, 6.07) is 15.4. The molecule has 0 spiro atoms.